The van der Waals surface area contributed by atoms with Gasteiger partial charge in [0, 0.05) is 11.6 Å². The molecule has 0 fully saturated rings. The van der Waals surface area contributed by atoms with Crippen LogP contribution in [0.1, 0.15) is 55.1 Å². The van der Waals surface area contributed by atoms with Crippen molar-refractivity contribution in [1.29, 1.82) is 0 Å². The molecule has 1 unspecified atom stereocenters. The number of hydrogen-bond acceptors (Lipinski definition) is 3. The van der Waals surface area contributed by atoms with Crippen molar-refractivity contribution in [3.63, 3.8) is 0 Å². The summed E-state index contributed by atoms with van der Waals surface area (Å²) in [6, 6.07) is 18.9. The topological polar surface area (TPSA) is 69.9 Å². The molecule has 0 saturated carbocycles. The summed E-state index contributed by atoms with van der Waals surface area (Å²) in [5, 5.41) is 20.0. The summed E-state index contributed by atoms with van der Waals surface area (Å²) in [5.74, 6) is -0.865. The molecular weight excluding hydrogens is 350 g/mol. The number of aromatic hydroxyl groups is 1. The second-order valence-electron chi connectivity index (χ2n) is 7.64. The number of carboxylic acids is 1. The molecule has 0 aromatic heterocycles. The van der Waals surface area contributed by atoms with Gasteiger partial charge in [-0.05, 0) is 54.8 Å². The van der Waals surface area contributed by atoms with Gasteiger partial charge in [-0.15, -0.1) is 0 Å². The first-order valence-electron chi connectivity index (χ1n) is 9.32. The van der Waals surface area contributed by atoms with E-state index in [1.807, 2.05) is 0 Å². The number of fused-ring (bicyclic) bond motifs is 3. The molecule has 1 heterocycles. The van der Waals surface area contributed by atoms with E-state index < -0.39 is 5.97 Å². The molecule has 144 valence electrons. The maximum atomic E-state index is 10.3. The van der Waals surface area contributed by atoms with Crippen LogP contribution in [0.5, 0.6) is 5.75 Å². The number of nitrogens with zero attached hydrogens (tertiary/aromatic N) is 1. The van der Waals surface area contributed by atoms with Crippen LogP contribution in [0.25, 0.3) is 10.8 Å². The number of benzene rings is 3. The van der Waals surface area contributed by atoms with Crippen LogP contribution in [-0.4, -0.2) is 27.4 Å². The molecule has 4 heteroatoms. The van der Waals surface area contributed by atoms with Crippen molar-refractivity contribution in [2.45, 2.75) is 39.2 Å². The van der Waals surface area contributed by atoms with E-state index >= 15 is 0 Å². The highest BCUT2D eigenvalue weighted by Gasteiger charge is 2.33. The van der Waals surface area contributed by atoms with Gasteiger partial charge in [0.15, 0.2) is 0 Å². The lowest BCUT2D eigenvalue weighted by Crippen LogP contribution is -2.32. The maximum Gasteiger partial charge on any atom is 0.339 e. The van der Waals surface area contributed by atoms with Crippen LogP contribution < -0.4 is 0 Å². The molecule has 3 aromatic carbocycles. The van der Waals surface area contributed by atoms with Crippen LogP contribution in [-0.2, 0) is 0 Å². The van der Waals surface area contributed by atoms with E-state index in [0.29, 0.717) is 5.92 Å². The Bertz CT molecular complexity index is 1070. The number of hydrogen-bond donors (Lipinski definition) is 2. The van der Waals surface area contributed by atoms with Gasteiger partial charge >= 0.3 is 5.97 Å². The first kappa shape index (κ1) is 19.6. The number of aliphatic imine (C=N–C) groups is 1. The van der Waals surface area contributed by atoms with E-state index in [1.165, 1.54) is 39.7 Å². The van der Waals surface area contributed by atoms with Gasteiger partial charge in [0.2, 0.25) is 0 Å². The van der Waals surface area contributed by atoms with Crippen LogP contribution in [0.2, 0.25) is 0 Å². The Morgan fingerprint density at radius 1 is 1.00 bits per heavy atom. The third-order valence-electron chi connectivity index (χ3n) is 5.44. The number of carbonyl (C=O) groups is 1. The van der Waals surface area contributed by atoms with Gasteiger partial charge in [0.05, 0.1) is 5.54 Å². The molecule has 0 spiro atoms. The van der Waals surface area contributed by atoms with Gasteiger partial charge in [-0.25, -0.2) is 4.79 Å². The Hall–Kier alpha value is -3.14. The lowest BCUT2D eigenvalue weighted by molar-refractivity contribution is 0.0693. The number of para-hydroxylation sites is 1. The summed E-state index contributed by atoms with van der Waals surface area (Å²) in [6.45, 7) is 8.88. The highest BCUT2D eigenvalue weighted by Crippen LogP contribution is 2.41. The van der Waals surface area contributed by atoms with Crippen LogP contribution in [0.3, 0.4) is 0 Å². The Kier molecular flexibility index (Phi) is 5.23. The summed E-state index contributed by atoms with van der Waals surface area (Å²) in [4.78, 5) is 15.1. The molecular formula is C24H25NO3. The zero-order chi connectivity index (χ0) is 20.5. The summed E-state index contributed by atoms with van der Waals surface area (Å²) in [7, 11) is 0. The van der Waals surface area contributed by atoms with E-state index in [0.717, 1.165) is 0 Å². The molecule has 0 bridgehead atoms. The van der Waals surface area contributed by atoms with Gasteiger partial charge in [-0.2, -0.15) is 0 Å². The highest BCUT2D eigenvalue weighted by molar-refractivity contribution is 6.06. The van der Waals surface area contributed by atoms with Gasteiger partial charge in [-0.3, -0.25) is 4.99 Å². The van der Waals surface area contributed by atoms with E-state index in [1.54, 1.807) is 12.1 Å². The molecule has 0 radical (unpaired) electrons. The summed E-state index contributed by atoms with van der Waals surface area (Å²) < 4.78 is 0. The fourth-order valence-electron chi connectivity index (χ4n) is 3.67. The van der Waals surface area contributed by atoms with Crippen molar-refractivity contribution in [2.75, 3.05) is 0 Å². The van der Waals surface area contributed by atoms with Gasteiger partial charge < -0.3 is 10.2 Å². The molecule has 0 saturated heterocycles. The molecule has 28 heavy (non-hydrogen) atoms. The summed E-state index contributed by atoms with van der Waals surface area (Å²) >= 11 is 0. The van der Waals surface area contributed by atoms with Crippen molar-refractivity contribution in [3.8, 4) is 5.75 Å². The number of carboxylic acid groups (broad SMARTS) is 1. The van der Waals surface area contributed by atoms with E-state index in [-0.39, 0.29) is 16.9 Å². The third-order valence-corrected chi connectivity index (χ3v) is 5.44. The van der Waals surface area contributed by atoms with Crippen molar-refractivity contribution < 1.29 is 15.0 Å². The average molecular weight is 375 g/mol. The van der Waals surface area contributed by atoms with Crippen LogP contribution >= 0.6 is 0 Å². The zero-order valence-electron chi connectivity index (χ0n) is 16.6. The fraction of sp³-hybridized carbons (Fsp3) is 0.250. The normalized spacial score (nSPS) is 17.1. The van der Waals surface area contributed by atoms with Crippen LogP contribution in [0, 0.1) is 0 Å². The minimum Gasteiger partial charge on any atom is -0.507 e. The smallest absolute Gasteiger partial charge is 0.339 e. The lowest BCUT2D eigenvalue weighted by atomic mass is 9.76. The fourth-order valence-corrected chi connectivity index (χ4v) is 3.67. The Labute approximate surface area is 165 Å². The van der Waals surface area contributed by atoms with Crippen molar-refractivity contribution >= 4 is 22.5 Å². The molecule has 1 aliphatic rings. The van der Waals surface area contributed by atoms with E-state index in [9.17, 15) is 4.79 Å². The first-order valence-corrected chi connectivity index (χ1v) is 9.32. The quantitative estimate of drug-likeness (QED) is 0.579. The zero-order valence-corrected chi connectivity index (χ0v) is 16.6. The number of phenols is 1. The van der Waals surface area contributed by atoms with Crippen molar-refractivity contribution in [3.05, 3.63) is 77.4 Å². The largest absolute Gasteiger partial charge is 0.507 e. The minimum atomic E-state index is -1.11. The molecule has 0 aliphatic carbocycles. The SMILES string of the molecule is CC1=NC(C)(C)C(C)c2c1ccc1ccccc21.O=C(O)c1ccccc1O. The standard InChI is InChI=1S/C17H19N.C7H6O3/c1-11-16-14(12(2)18-17(11,3)4)10-9-13-7-5-6-8-15(13)16;8-6-4-2-1-3-5(6)7(9)10/h5-11H,1-4H3;1-4,8H,(H,9,10). The average Bonchev–Trinajstić information content (AvgIpc) is 2.66. The Morgan fingerprint density at radius 2 is 1.64 bits per heavy atom. The second kappa shape index (κ2) is 7.47. The summed E-state index contributed by atoms with van der Waals surface area (Å²) in [6.07, 6.45) is 0. The molecule has 1 atom stereocenters. The van der Waals surface area contributed by atoms with Crippen LogP contribution in [0.4, 0.5) is 0 Å². The Morgan fingerprint density at radius 3 is 2.29 bits per heavy atom. The lowest BCUT2D eigenvalue weighted by Gasteiger charge is -2.35. The molecule has 4 nitrogen and oxygen atoms in total. The second-order valence-corrected chi connectivity index (χ2v) is 7.64. The maximum absolute atomic E-state index is 10.3. The third kappa shape index (κ3) is 3.63. The number of rotatable bonds is 1. The first-order chi connectivity index (χ1) is 13.2. The molecule has 2 N–H and O–H groups in total. The van der Waals surface area contributed by atoms with E-state index in [4.69, 9.17) is 15.2 Å². The summed E-state index contributed by atoms with van der Waals surface area (Å²) in [5.41, 5.74) is 3.87. The molecule has 1 aliphatic heterocycles. The number of aromatic carboxylic acids is 1. The predicted molar refractivity (Wildman–Crippen MR) is 114 cm³/mol. The van der Waals surface area contributed by atoms with Gasteiger partial charge in [0.1, 0.15) is 11.3 Å². The van der Waals surface area contributed by atoms with Gasteiger partial charge in [0.25, 0.3) is 0 Å². The minimum absolute atomic E-state index is 0.0127. The Balaban J connectivity index is 0.000000192. The van der Waals surface area contributed by atoms with Gasteiger partial charge in [-0.1, -0.05) is 55.5 Å². The van der Waals surface area contributed by atoms with Crippen LogP contribution in [0.15, 0.2) is 65.7 Å². The molecule has 3 aromatic rings. The van der Waals surface area contributed by atoms with Crippen molar-refractivity contribution in [1.82, 2.24) is 0 Å². The monoisotopic (exact) mass is 375 g/mol. The molecule has 0 amide bonds. The van der Waals surface area contributed by atoms with Crippen molar-refractivity contribution in [2.24, 2.45) is 4.99 Å². The molecule has 4 rings (SSSR count). The van der Waals surface area contributed by atoms with E-state index in [2.05, 4.69) is 64.1 Å². The highest BCUT2D eigenvalue weighted by atomic mass is 16.4. The predicted octanol–water partition coefficient (Wildman–Crippen LogP) is 5.63.